The average Bonchev–Trinajstić information content (AvgIpc) is 2.72. The molecule has 7 heteroatoms. The molecular weight excluding hydrogens is 354 g/mol. The fraction of sp³-hybridized carbons (Fsp3) is 0.267. The number of nitrogens with zero attached hydrogens (tertiary/aromatic N) is 1. The number of aliphatic imine (C=N–C) groups is 1. The highest BCUT2D eigenvalue weighted by atomic mass is 79.9. The van der Waals surface area contributed by atoms with E-state index in [1.807, 2.05) is 6.92 Å². The van der Waals surface area contributed by atoms with E-state index in [2.05, 4.69) is 20.9 Å². The van der Waals surface area contributed by atoms with Gasteiger partial charge < -0.3 is 14.2 Å². The lowest BCUT2D eigenvalue weighted by Gasteiger charge is -2.12. The second kappa shape index (κ2) is 6.74. The molecule has 0 N–H and O–H groups in total. The number of ether oxygens (including phenoxy) is 3. The summed E-state index contributed by atoms with van der Waals surface area (Å²) in [6.07, 6.45) is 1.57. The van der Waals surface area contributed by atoms with Crippen molar-refractivity contribution < 1.29 is 23.8 Å². The van der Waals surface area contributed by atoms with Crippen molar-refractivity contribution in [2.24, 2.45) is 4.99 Å². The highest BCUT2D eigenvalue weighted by Crippen LogP contribution is 2.37. The smallest absolute Gasteiger partial charge is 0.363 e. The third kappa shape index (κ3) is 3.73. The van der Waals surface area contributed by atoms with Crippen LogP contribution in [0.5, 0.6) is 11.5 Å². The minimum atomic E-state index is -0.504. The number of halogens is 1. The maximum absolute atomic E-state index is 11.6. The fourth-order valence-corrected chi connectivity index (χ4v) is 2.39. The van der Waals surface area contributed by atoms with Crippen molar-refractivity contribution in [2.75, 3.05) is 6.61 Å². The molecule has 0 atom stereocenters. The van der Waals surface area contributed by atoms with Crippen molar-refractivity contribution in [1.29, 1.82) is 0 Å². The van der Waals surface area contributed by atoms with Gasteiger partial charge in [-0.25, -0.2) is 9.79 Å². The third-order valence-corrected chi connectivity index (χ3v) is 3.20. The molecule has 0 amide bonds. The van der Waals surface area contributed by atoms with Gasteiger partial charge in [0.2, 0.25) is 0 Å². The normalized spacial score (nSPS) is 15.5. The second-order valence-electron chi connectivity index (χ2n) is 4.41. The van der Waals surface area contributed by atoms with E-state index in [0.717, 1.165) is 0 Å². The third-order valence-electron chi connectivity index (χ3n) is 2.61. The fourth-order valence-electron chi connectivity index (χ4n) is 1.85. The Kier molecular flexibility index (Phi) is 4.97. The SMILES string of the molecule is CCOc1cc(C=C2N=C(C)OC2=O)cc(Br)c1OC(C)=O. The van der Waals surface area contributed by atoms with Crippen LogP contribution in [0, 0.1) is 0 Å². The van der Waals surface area contributed by atoms with Crippen LogP contribution in [0.15, 0.2) is 27.3 Å². The van der Waals surface area contributed by atoms with Gasteiger partial charge in [-0.05, 0) is 46.6 Å². The molecule has 0 radical (unpaired) electrons. The summed E-state index contributed by atoms with van der Waals surface area (Å²) in [7, 11) is 0. The van der Waals surface area contributed by atoms with Gasteiger partial charge in [0.25, 0.3) is 0 Å². The van der Waals surface area contributed by atoms with Gasteiger partial charge >= 0.3 is 11.9 Å². The van der Waals surface area contributed by atoms with Gasteiger partial charge in [0, 0.05) is 13.8 Å². The zero-order valence-electron chi connectivity index (χ0n) is 12.3. The van der Waals surface area contributed by atoms with Crippen molar-refractivity contribution in [1.82, 2.24) is 0 Å². The highest BCUT2D eigenvalue weighted by molar-refractivity contribution is 9.10. The molecule has 1 aliphatic rings. The molecule has 0 aromatic heterocycles. The number of rotatable bonds is 4. The molecule has 0 saturated carbocycles. The number of carbonyl (C=O) groups is 2. The van der Waals surface area contributed by atoms with Gasteiger partial charge in [-0.15, -0.1) is 0 Å². The monoisotopic (exact) mass is 367 g/mol. The van der Waals surface area contributed by atoms with Gasteiger partial charge in [-0.3, -0.25) is 4.79 Å². The first-order chi connectivity index (χ1) is 10.4. The van der Waals surface area contributed by atoms with E-state index < -0.39 is 11.9 Å². The number of cyclic esters (lactones) is 1. The first-order valence-electron chi connectivity index (χ1n) is 6.54. The van der Waals surface area contributed by atoms with Crippen molar-refractivity contribution in [3.8, 4) is 11.5 Å². The summed E-state index contributed by atoms with van der Waals surface area (Å²) in [5.41, 5.74) is 0.865. The number of carbonyl (C=O) groups excluding carboxylic acids is 2. The lowest BCUT2D eigenvalue weighted by molar-refractivity contribution is -0.132. The van der Waals surface area contributed by atoms with Crippen LogP contribution in [0.2, 0.25) is 0 Å². The van der Waals surface area contributed by atoms with E-state index in [-0.39, 0.29) is 5.70 Å². The van der Waals surface area contributed by atoms with Gasteiger partial charge in [0.15, 0.2) is 23.1 Å². The summed E-state index contributed by atoms with van der Waals surface area (Å²) in [5, 5.41) is 0. The summed E-state index contributed by atoms with van der Waals surface area (Å²) >= 11 is 3.33. The van der Waals surface area contributed by atoms with Gasteiger partial charge in [-0.2, -0.15) is 0 Å². The Bertz CT molecular complexity index is 693. The molecule has 1 heterocycles. The number of hydrogen-bond donors (Lipinski definition) is 0. The van der Waals surface area contributed by atoms with E-state index in [9.17, 15) is 9.59 Å². The Labute approximate surface area is 135 Å². The van der Waals surface area contributed by atoms with E-state index in [0.29, 0.717) is 34.0 Å². The number of hydrogen-bond acceptors (Lipinski definition) is 6. The van der Waals surface area contributed by atoms with Crippen LogP contribution >= 0.6 is 15.9 Å². The molecule has 1 aromatic carbocycles. The van der Waals surface area contributed by atoms with Crippen molar-refractivity contribution >= 4 is 39.8 Å². The Balaban J connectivity index is 2.44. The van der Waals surface area contributed by atoms with E-state index >= 15 is 0 Å². The van der Waals surface area contributed by atoms with Gasteiger partial charge in [-0.1, -0.05) is 0 Å². The molecule has 0 spiro atoms. The number of benzene rings is 1. The van der Waals surface area contributed by atoms with Gasteiger partial charge in [0.1, 0.15) is 0 Å². The first kappa shape index (κ1) is 16.2. The second-order valence-corrected chi connectivity index (χ2v) is 5.26. The lowest BCUT2D eigenvalue weighted by atomic mass is 10.1. The van der Waals surface area contributed by atoms with Crippen LogP contribution in [0.1, 0.15) is 26.3 Å². The molecule has 0 fully saturated rings. The molecule has 0 unspecified atom stereocenters. The van der Waals surface area contributed by atoms with E-state index in [1.165, 1.54) is 6.92 Å². The molecule has 0 aliphatic carbocycles. The zero-order valence-corrected chi connectivity index (χ0v) is 13.9. The van der Waals surface area contributed by atoms with Crippen LogP contribution in [-0.2, 0) is 14.3 Å². The Morgan fingerprint density at radius 3 is 2.73 bits per heavy atom. The molecule has 6 nitrogen and oxygen atoms in total. The molecule has 0 bridgehead atoms. The molecule has 116 valence electrons. The lowest BCUT2D eigenvalue weighted by Crippen LogP contribution is -2.05. The summed E-state index contributed by atoms with van der Waals surface area (Å²) in [6.45, 7) is 5.13. The summed E-state index contributed by atoms with van der Waals surface area (Å²) in [6, 6.07) is 3.36. The van der Waals surface area contributed by atoms with Crippen molar-refractivity contribution in [2.45, 2.75) is 20.8 Å². The first-order valence-corrected chi connectivity index (χ1v) is 7.34. The minimum Gasteiger partial charge on any atom is -0.490 e. The molecule has 0 saturated heterocycles. The maximum Gasteiger partial charge on any atom is 0.363 e. The van der Waals surface area contributed by atoms with E-state index in [4.69, 9.17) is 14.2 Å². The molecule has 22 heavy (non-hydrogen) atoms. The van der Waals surface area contributed by atoms with Crippen LogP contribution < -0.4 is 9.47 Å². The Morgan fingerprint density at radius 1 is 1.45 bits per heavy atom. The molecular formula is C15H14BrNO5. The van der Waals surface area contributed by atoms with Crippen LogP contribution in [0.3, 0.4) is 0 Å². The molecule has 1 aromatic rings. The van der Waals surface area contributed by atoms with Crippen molar-refractivity contribution in [3.63, 3.8) is 0 Å². The summed E-state index contributed by atoms with van der Waals surface area (Å²) in [4.78, 5) is 26.8. The largest absolute Gasteiger partial charge is 0.490 e. The minimum absolute atomic E-state index is 0.201. The van der Waals surface area contributed by atoms with E-state index in [1.54, 1.807) is 25.1 Å². The summed E-state index contributed by atoms with van der Waals surface area (Å²) < 4.78 is 16.0. The standard InChI is InChI=1S/C15H14BrNO5/c1-4-20-13-7-10(5-11(16)14(13)22-9(3)18)6-12-15(19)21-8(2)17-12/h5-7H,4H2,1-3H3. The molecule has 1 aliphatic heterocycles. The van der Waals surface area contributed by atoms with Gasteiger partial charge in [0.05, 0.1) is 11.1 Å². The molecule has 2 rings (SSSR count). The van der Waals surface area contributed by atoms with Crippen molar-refractivity contribution in [3.05, 3.63) is 27.9 Å². The predicted molar refractivity (Wildman–Crippen MR) is 83.8 cm³/mol. The topological polar surface area (TPSA) is 74.2 Å². The predicted octanol–water partition coefficient (Wildman–Crippen LogP) is 3.09. The Hall–Kier alpha value is -2.15. The summed E-state index contributed by atoms with van der Waals surface area (Å²) in [5.74, 6) is 0.0380. The highest BCUT2D eigenvalue weighted by Gasteiger charge is 2.20. The van der Waals surface area contributed by atoms with Crippen LogP contribution in [-0.4, -0.2) is 24.4 Å². The Morgan fingerprint density at radius 2 is 2.18 bits per heavy atom. The zero-order chi connectivity index (χ0) is 16.3. The van der Waals surface area contributed by atoms with Crippen LogP contribution in [0.4, 0.5) is 0 Å². The van der Waals surface area contributed by atoms with Crippen LogP contribution in [0.25, 0.3) is 6.08 Å². The maximum atomic E-state index is 11.6. The number of esters is 2. The average molecular weight is 368 g/mol. The quantitative estimate of drug-likeness (QED) is 0.464.